The van der Waals surface area contributed by atoms with Crippen LogP contribution in [0.3, 0.4) is 0 Å². The van der Waals surface area contributed by atoms with Gasteiger partial charge in [-0.3, -0.25) is 4.79 Å². The molecule has 0 radical (unpaired) electrons. The van der Waals surface area contributed by atoms with Gasteiger partial charge in [-0.2, -0.15) is 0 Å². The van der Waals surface area contributed by atoms with Crippen molar-refractivity contribution in [1.82, 2.24) is 0 Å². The molecule has 5 saturated carbocycles. The van der Waals surface area contributed by atoms with Gasteiger partial charge in [0.15, 0.2) is 12.4 Å². The minimum atomic E-state index is -1.78. The summed E-state index contributed by atoms with van der Waals surface area (Å²) in [6.45, 7) is 14.2. The van der Waals surface area contributed by atoms with E-state index in [1.54, 1.807) is 7.11 Å². The Labute approximate surface area is 313 Å². The number of methoxy groups -OCH3 is 1. The summed E-state index contributed by atoms with van der Waals surface area (Å²) in [6, 6.07) is 0. The molecule has 18 unspecified atom stereocenters. The summed E-state index contributed by atoms with van der Waals surface area (Å²) in [5.74, 6) is -1.51. The Morgan fingerprint density at radius 2 is 1.64 bits per heavy atom. The average Bonchev–Trinajstić information content (AvgIpc) is 3.07. The zero-order valence-electron chi connectivity index (χ0n) is 32.5. The van der Waals surface area contributed by atoms with Gasteiger partial charge in [0, 0.05) is 13.0 Å². The Kier molecular flexibility index (Phi) is 8.49. The Morgan fingerprint density at radius 1 is 0.925 bits per heavy atom. The van der Waals surface area contributed by atoms with Crippen LogP contribution in [0.2, 0.25) is 0 Å². The van der Waals surface area contributed by atoms with E-state index in [-0.39, 0.29) is 39.9 Å². The van der Waals surface area contributed by atoms with Gasteiger partial charge in [0.1, 0.15) is 18.3 Å². The fraction of sp³-hybridized carbons (Fsp3) is 0.857. The molecule has 2 bridgehead atoms. The van der Waals surface area contributed by atoms with Crippen LogP contribution in [-0.4, -0.2) is 99.2 Å². The van der Waals surface area contributed by atoms with E-state index in [0.717, 1.165) is 37.7 Å². The fourth-order valence-electron chi connectivity index (χ4n) is 15.7. The molecule has 0 aromatic heterocycles. The van der Waals surface area contributed by atoms with E-state index in [9.17, 15) is 40.2 Å². The first kappa shape index (κ1) is 38.0. The highest BCUT2D eigenvalue weighted by atomic mass is 16.7. The SMILES string of the molecule is COCC1CC2(C)CC=CC3(C4=CC5CCC6CC(OC7OC(C(=O)O)C(O)C(O)C7O)C(C)(C)C7CCC(C)(C5C67C)C4(C)CCC13C(=O)O)C2O. The Bertz CT molecular complexity index is 1610. The van der Waals surface area contributed by atoms with Crippen molar-refractivity contribution >= 4 is 11.9 Å². The van der Waals surface area contributed by atoms with Crippen molar-refractivity contribution in [2.45, 2.75) is 142 Å². The molecule has 53 heavy (non-hydrogen) atoms. The summed E-state index contributed by atoms with van der Waals surface area (Å²) in [4.78, 5) is 25.8. The third kappa shape index (κ3) is 4.42. The van der Waals surface area contributed by atoms with Gasteiger partial charge in [0.2, 0.25) is 0 Å². The number of aliphatic hydroxyl groups excluding tert-OH is 4. The molecule has 8 aliphatic rings. The van der Waals surface area contributed by atoms with Crippen molar-refractivity contribution in [2.75, 3.05) is 13.7 Å². The fourth-order valence-corrected chi connectivity index (χ4v) is 15.7. The van der Waals surface area contributed by atoms with Crippen LogP contribution in [0.5, 0.6) is 0 Å². The summed E-state index contributed by atoms with van der Waals surface area (Å²) >= 11 is 0. The summed E-state index contributed by atoms with van der Waals surface area (Å²) in [5, 5.41) is 65.5. The smallest absolute Gasteiger partial charge is 0.335 e. The second-order valence-corrected chi connectivity index (χ2v) is 20.3. The number of carbonyl (C=O) groups is 2. The lowest BCUT2D eigenvalue weighted by molar-refractivity contribution is -0.333. The summed E-state index contributed by atoms with van der Waals surface area (Å²) < 4.78 is 17.9. The van der Waals surface area contributed by atoms with E-state index in [4.69, 9.17) is 14.2 Å². The molecule has 1 saturated heterocycles. The maximum atomic E-state index is 13.9. The van der Waals surface area contributed by atoms with Crippen LogP contribution in [0.4, 0.5) is 0 Å². The number of carboxylic acids is 2. The molecule has 1 spiro atoms. The summed E-state index contributed by atoms with van der Waals surface area (Å²) in [5.41, 5.74) is -2.59. The summed E-state index contributed by atoms with van der Waals surface area (Å²) in [6.07, 6.45) is 4.19. The first-order chi connectivity index (χ1) is 24.7. The van der Waals surface area contributed by atoms with Crippen LogP contribution in [0.15, 0.2) is 23.8 Å². The number of rotatable bonds is 6. The molecule has 1 heterocycles. The third-order valence-electron chi connectivity index (χ3n) is 18.2. The molecule has 6 N–H and O–H groups in total. The van der Waals surface area contributed by atoms with E-state index in [1.807, 2.05) is 0 Å². The number of aliphatic carboxylic acids is 2. The Balaban J connectivity index is 1.20. The topological polar surface area (TPSA) is 183 Å². The quantitative estimate of drug-likeness (QED) is 0.166. The van der Waals surface area contributed by atoms with Crippen LogP contribution in [0, 0.1) is 67.5 Å². The first-order valence-corrected chi connectivity index (χ1v) is 20.1. The molecule has 11 nitrogen and oxygen atoms in total. The normalized spacial score (nSPS) is 56.2. The molecule has 1 aliphatic heterocycles. The van der Waals surface area contributed by atoms with Crippen LogP contribution in [0.25, 0.3) is 0 Å². The minimum absolute atomic E-state index is 0.102. The van der Waals surface area contributed by atoms with E-state index < -0.39 is 76.5 Å². The van der Waals surface area contributed by atoms with Crippen molar-refractivity contribution in [3.63, 3.8) is 0 Å². The number of fused-ring (bicyclic) bond motifs is 3. The molecule has 296 valence electrons. The second kappa shape index (κ2) is 11.8. The lowest BCUT2D eigenvalue weighted by Gasteiger charge is -2.77. The predicted molar refractivity (Wildman–Crippen MR) is 192 cm³/mol. The van der Waals surface area contributed by atoms with Gasteiger partial charge >= 0.3 is 11.9 Å². The van der Waals surface area contributed by atoms with Crippen molar-refractivity contribution in [2.24, 2.45) is 67.5 Å². The van der Waals surface area contributed by atoms with E-state index in [0.29, 0.717) is 38.2 Å². The van der Waals surface area contributed by atoms with Gasteiger partial charge < -0.3 is 44.8 Å². The molecule has 18 atom stereocenters. The van der Waals surface area contributed by atoms with Gasteiger partial charge in [-0.25, -0.2) is 4.79 Å². The number of carboxylic acid groups (broad SMARTS) is 2. The van der Waals surface area contributed by atoms with E-state index >= 15 is 0 Å². The Hall–Kier alpha value is -1.86. The number of allylic oxidation sites excluding steroid dienone is 2. The van der Waals surface area contributed by atoms with Crippen molar-refractivity contribution < 1.29 is 54.4 Å². The largest absolute Gasteiger partial charge is 0.481 e. The molecule has 11 heteroatoms. The highest BCUT2D eigenvalue weighted by Gasteiger charge is 2.79. The van der Waals surface area contributed by atoms with Crippen LogP contribution >= 0.6 is 0 Å². The molecular formula is C42H62O11. The molecule has 6 fully saturated rings. The van der Waals surface area contributed by atoms with Crippen molar-refractivity contribution in [3.8, 4) is 0 Å². The van der Waals surface area contributed by atoms with E-state index in [2.05, 4.69) is 59.8 Å². The number of hydrogen-bond acceptors (Lipinski definition) is 9. The maximum absolute atomic E-state index is 13.9. The average molecular weight is 743 g/mol. The van der Waals surface area contributed by atoms with E-state index in [1.165, 1.54) is 0 Å². The van der Waals surface area contributed by atoms with Gasteiger partial charge in [0.25, 0.3) is 0 Å². The van der Waals surface area contributed by atoms with Crippen molar-refractivity contribution in [1.29, 1.82) is 0 Å². The zero-order valence-corrected chi connectivity index (χ0v) is 32.5. The predicted octanol–water partition coefficient (Wildman–Crippen LogP) is 4.55. The molecule has 0 amide bonds. The molecule has 7 aliphatic carbocycles. The van der Waals surface area contributed by atoms with Crippen LogP contribution < -0.4 is 0 Å². The molecule has 0 aromatic rings. The number of aliphatic hydroxyl groups is 4. The van der Waals surface area contributed by atoms with Gasteiger partial charge in [-0.15, -0.1) is 0 Å². The number of hydrogen-bond donors (Lipinski definition) is 6. The Morgan fingerprint density at radius 3 is 2.30 bits per heavy atom. The van der Waals surface area contributed by atoms with Crippen LogP contribution in [-0.2, 0) is 23.8 Å². The summed E-state index contributed by atoms with van der Waals surface area (Å²) in [7, 11) is 1.66. The van der Waals surface area contributed by atoms with Crippen LogP contribution in [0.1, 0.15) is 99.3 Å². The zero-order chi connectivity index (χ0) is 38.5. The standard InChI is InChI=1S/C42H62O11/c1-36(2)24-11-14-39(5)31-21(9-10-22(40(24,31)6)18-26(36)52-33-29(45)27(43)28(44)30(53-33)32(46)47)17-25-38(39,4)15-16-41(35(49)50)23(20-51-7)19-37(3)12-8-13-42(25,41)34(37)48/h8,13,17,21-24,26-31,33-34,43-45,48H,9-12,14-16,18-20H2,1-7H3,(H,46,47)(H,49,50). The first-order valence-electron chi connectivity index (χ1n) is 20.1. The molecular weight excluding hydrogens is 680 g/mol. The maximum Gasteiger partial charge on any atom is 0.335 e. The van der Waals surface area contributed by atoms with Gasteiger partial charge in [-0.1, -0.05) is 65.3 Å². The van der Waals surface area contributed by atoms with Crippen molar-refractivity contribution in [3.05, 3.63) is 23.8 Å². The third-order valence-corrected chi connectivity index (χ3v) is 18.2. The monoisotopic (exact) mass is 742 g/mol. The van der Waals surface area contributed by atoms with Gasteiger partial charge in [0.05, 0.1) is 29.6 Å². The lowest BCUT2D eigenvalue weighted by atomic mass is 9.26. The lowest BCUT2D eigenvalue weighted by Crippen LogP contribution is -2.75. The number of ether oxygens (including phenoxy) is 3. The minimum Gasteiger partial charge on any atom is -0.481 e. The highest BCUT2D eigenvalue weighted by Crippen LogP contribution is 2.82. The second-order valence-electron chi connectivity index (χ2n) is 20.3. The highest BCUT2D eigenvalue weighted by molar-refractivity contribution is 5.80. The van der Waals surface area contributed by atoms with Gasteiger partial charge in [-0.05, 0) is 109 Å². The molecule has 8 rings (SSSR count). The molecule has 0 aromatic carbocycles.